The van der Waals surface area contributed by atoms with Crippen molar-refractivity contribution in [2.75, 3.05) is 39.5 Å². The van der Waals surface area contributed by atoms with Crippen molar-refractivity contribution in [3.63, 3.8) is 0 Å². The Morgan fingerprint density at radius 1 is 0.964 bits per heavy atom. The van der Waals surface area contributed by atoms with Gasteiger partial charge in [0.05, 0.1) is 44.9 Å². The number of amides is 2. The predicted octanol–water partition coefficient (Wildman–Crippen LogP) is 0.182. The standard InChI is InChI=1S/C20H35N3O5/c24-14-18-17(22-20(26)13-23-8-10-27-11-9-23)7-6-16(28-18)12-19(25)21-15-4-2-1-3-5-15/h15-18,24H,1-14H2,(H,21,25)(H,22,26)/t16-,17+,18-/m0/s1. The number of carbonyl (C=O) groups is 2. The monoisotopic (exact) mass is 397 g/mol. The lowest BCUT2D eigenvalue weighted by atomic mass is 9.94. The number of rotatable bonds is 7. The van der Waals surface area contributed by atoms with Gasteiger partial charge in [0.15, 0.2) is 0 Å². The minimum atomic E-state index is -0.463. The van der Waals surface area contributed by atoms with E-state index in [1.54, 1.807) is 0 Å². The number of hydrogen-bond donors (Lipinski definition) is 3. The predicted molar refractivity (Wildman–Crippen MR) is 104 cm³/mol. The first-order valence-corrected chi connectivity index (χ1v) is 10.8. The fraction of sp³-hybridized carbons (Fsp3) is 0.900. The first-order valence-electron chi connectivity index (χ1n) is 10.8. The van der Waals surface area contributed by atoms with Gasteiger partial charge < -0.3 is 25.2 Å². The highest BCUT2D eigenvalue weighted by atomic mass is 16.5. The van der Waals surface area contributed by atoms with E-state index < -0.39 is 6.10 Å². The highest BCUT2D eigenvalue weighted by Crippen LogP contribution is 2.23. The first-order chi connectivity index (χ1) is 13.6. The Labute approximate surface area is 167 Å². The molecule has 2 heterocycles. The zero-order chi connectivity index (χ0) is 19.8. The van der Waals surface area contributed by atoms with Gasteiger partial charge in [-0.3, -0.25) is 14.5 Å². The van der Waals surface area contributed by atoms with E-state index in [0.29, 0.717) is 45.1 Å². The molecule has 0 unspecified atom stereocenters. The highest BCUT2D eigenvalue weighted by Gasteiger charge is 2.33. The molecule has 0 radical (unpaired) electrons. The summed E-state index contributed by atoms with van der Waals surface area (Å²) in [7, 11) is 0. The van der Waals surface area contributed by atoms with Crippen LogP contribution in [0.25, 0.3) is 0 Å². The van der Waals surface area contributed by atoms with Crippen molar-refractivity contribution in [3.05, 3.63) is 0 Å². The molecule has 2 saturated heterocycles. The molecule has 0 aromatic rings. The number of aliphatic hydroxyl groups is 1. The molecule has 3 N–H and O–H groups in total. The molecule has 3 aliphatic rings. The molecule has 3 fully saturated rings. The molecule has 8 nitrogen and oxygen atoms in total. The van der Waals surface area contributed by atoms with Crippen LogP contribution in [0, 0.1) is 0 Å². The Balaban J connectivity index is 1.39. The lowest BCUT2D eigenvalue weighted by molar-refractivity contribution is -0.137. The lowest BCUT2D eigenvalue weighted by Crippen LogP contribution is -2.54. The van der Waals surface area contributed by atoms with Gasteiger partial charge in [0, 0.05) is 19.1 Å². The van der Waals surface area contributed by atoms with Crippen LogP contribution in [0.4, 0.5) is 0 Å². The van der Waals surface area contributed by atoms with Crippen molar-refractivity contribution in [3.8, 4) is 0 Å². The van der Waals surface area contributed by atoms with Crippen LogP contribution in [0.5, 0.6) is 0 Å². The summed E-state index contributed by atoms with van der Waals surface area (Å²) in [5.74, 6) is -0.0224. The van der Waals surface area contributed by atoms with Gasteiger partial charge in [0.2, 0.25) is 11.8 Å². The summed E-state index contributed by atoms with van der Waals surface area (Å²) in [6.07, 6.45) is 6.83. The van der Waals surface area contributed by atoms with Gasteiger partial charge in [-0.15, -0.1) is 0 Å². The van der Waals surface area contributed by atoms with Crippen LogP contribution < -0.4 is 10.6 Å². The van der Waals surface area contributed by atoms with E-state index in [2.05, 4.69) is 15.5 Å². The average Bonchev–Trinajstić information content (AvgIpc) is 2.70. The number of nitrogens with one attached hydrogen (secondary N) is 2. The normalized spacial score (nSPS) is 30.0. The van der Waals surface area contributed by atoms with Crippen molar-refractivity contribution < 1.29 is 24.2 Å². The van der Waals surface area contributed by atoms with E-state index in [0.717, 1.165) is 25.9 Å². The lowest BCUT2D eigenvalue weighted by Gasteiger charge is -2.36. The largest absolute Gasteiger partial charge is 0.394 e. The average molecular weight is 398 g/mol. The molecule has 1 aliphatic carbocycles. The Morgan fingerprint density at radius 3 is 2.43 bits per heavy atom. The third kappa shape index (κ3) is 6.69. The second-order valence-electron chi connectivity index (χ2n) is 8.23. The quantitative estimate of drug-likeness (QED) is 0.567. The van der Waals surface area contributed by atoms with Crippen molar-refractivity contribution in [1.82, 2.24) is 15.5 Å². The van der Waals surface area contributed by atoms with E-state index in [1.807, 2.05) is 0 Å². The van der Waals surface area contributed by atoms with Crippen molar-refractivity contribution in [2.45, 2.75) is 75.7 Å². The molecule has 2 aliphatic heterocycles. The van der Waals surface area contributed by atoms with Crippen molar-refractivity contribution in [1.29, 1.82) is 0 Å². The minimum Gasteiger partial charge on any atom is -0.394 e. The summed E-state index contributed by atoms with van der Waals surface area (Å²) in [6.45, 7) is 3.01. The molecule has 0 aromatic heterocycles. The van der Waals surface area contributed by atoms with Gasteiger partial charge in [0.25, 0.3) is 0 Å². The number of nitrogens with zero attached hydrogens (tertiary/aromatic N) is 1. The second kappa shape index (κ2) is 11.1. The summed E-state index contributed by atoms with van der Waals surface area (Å²) in [5.41, 5.74) is 0. The van der Waals surface area contributed by atoms with E-state index in [1.165, 1.54) is 19.3 Å². The summed E-state index contributed by atoms with van der Waals surface area (Å²) in [6, 6.07) is 0.0851. The maximum atomic E-state index is 12.3. The second-order valence-corrected chi connectivity index (χ2v) is 8.23. The molecule has 0 bridgehead atoms. The number of aliphatic hydroxyl groups excluding tert-OH is 1. The molecule has 28 heavy (non-hydrogen) atoms. The number of carbonyl (C=O) groups excluding carboxylic acids is 2. The van der Waals surface area contributed by atoms with Crippen LogP contribution in [-0.2, 0) is 19.1 Å². The fourth-order valence-corrected chi connectivity index (χ4v) is 4.40. The highest BCUT2D eigenvalue weighted by molar-refractivity contribution is 5.78. The molecule has 3 rings (SSSR count). The van der Waals surface area contributed by atoms with E-state index in [4.69, 9.17) is 9.47 Å². The summed E-state index contributed by atoms with van der Waals surface area (Å²) >= 11 is 0. The van der Waals surface area contributed by atoms with Crippen LogP contribution >= 0.6 is 0 Å². The maximum absolute atomic E-state index is 12.3. The molecule has 1 saturated carbocycles. The number of hydrogen-bond acceptors (Lipinski definition) is 6. The zero-order valence-electron chi connectivity index (χ0n) is 16.7. The van der Waals surface area contributed by atoms with Crippen molar-refractivity contribution in [2.24, 2.45) is 0 Å². The van der Waals surface area contributed by atoms with Crippen LogP contribution in [0.15, 0.2) is 0 Å². The molecule has 3 atom stereocenters. The number of morpholine rings is 1. The summed E-state index contributed by atoms with van der Waals surface area (Å²) in [5, 5.41) is 15.8. The molecule has 160 valence electrons. The van der Waals surface area contributed by atoms with Gasteiger partial charge in [-0.05, 0) is 25.7 Å². The topological polar surface area (TPSA) is 100 Å². The molecule has 0 spiro atoms. The minimum absolute atomic E-state index is 0.0309. The van der Waals surface area contributed by atoms with Crippen LogP contribution in [0.2, 0.25) is 0 Å². The van der Waals surface area contributed by atoms with Crippen LogP contribution in [-0.4, -0.2) is 85.6 Å². The molecule has 2 amide bonds. The molecule has 8 heteroatoms. The van der Waals surface area contributed by atoms with E-state index in [-0.39, 0.29) is 30.6 Å². The van der Waals surface area contributed by atoms with Gasteiger partial charge >= 0.3 is 0 Å². The van der Waals surface area contributed by atoms with Gasteiger partial charge in [-0.2, -0.15) is 0 Å². The first kappa shape index (κ1) is 21.5. The molecular formula is C20H35N3O5. The SMILES string of the molecule is O=C(C[C@@H]1CC[C@@H](NC(=O)CN2CCOCC2)[C@H](CO)O1)NC1CCCCC1. The molecule has 0 aromatic carbocycles. The third-order valence-electron chi connectivity index (χ3n) is 6.00. The summed E-state index contributed by atoms with van der Waals surface area (Å²) in [4.78, 5) is 26.7. The van der Waals surface area contributed by atoms with E-state index in [9.17, 15) is 14.7 Å². The van der Waals surface area contributed by atoms with E-state index >= 15 is 0 Å². The Kier molecular flexibility index (Phi) is 8.51. The maximum Gasteiger partial charge on any atom is 0.234 e. The number of ether oxygens (including phenoxy) is 2. The fourth-order valence-electron chi connectivity index (χ4n) is 4.40. The smallest absolute Gasteiger partial charge is 0.234 e. The van der Waals surface area contributed by atoms with Gasteiger partial charge in [0.1, 0.15) is 6.10 Å². The summed E-state index contributed by atoms with van der Waals surface area (Å²) < 4.78 is 11.2. The molecular weight excluding hydrogens is 362 g/mol. The Bertz CT molecular complexity index is 506. The Hall–Kier alpha value is -1.22. The Morgan fingerprint density at radius 2 is 1.71 bits per heavy atom. The van der Waals surface area contributed by atoms with Gasteiger partial charge in [-0.25, -0.2) is 0 Å². The van der Waals surface area contributed by atoms with Crippen molar-refractivity contribution >= 4 is 11.8 Å². The van der Waals surface area contributed by atoms with Gasteiger partial charge in [-0.1, -0.05) is 19.3 Å². The zero-order valence-corrected chi connectivity index (χ0v) is 16.7. The van der Waals surface area contributed by atoms with Crippen LogP contribution in [0.1, 0.15) is 51.4 Å². The third-order valence-corrected chi connectivity index (χ3v) is 6.00. The van der Waals surface area contributed by atoms with Crippen LogP contribution in [0.3, 0.4) is 0 Å².